The molecule has 5 nitrogen and oxygen atoms in total. The summed E-state index contributed by atoms with van der Waals surface area (Å²) < 4.78 is 6.41. The average Bonchev–Trinajstić information content (AvgIpc) is 2.70. The van der Waals surface area contributed by atoms with Crippen LogP contribution in [0.4, 0.5) is 0 Å². The van der Waals surface area contributed by atoms with Gasteiger partial charge in [-0.1, -0.05) is 23.2 Å². The summed E-state index contributed by atoms with van der Waals surface area (Å²) in [6.45, 7) is 12.3. The maximum atomic E-state index is 10.9. The summed E-state index contributed by atoms with van der Waals surface area (Å²) in [6, 6.07) is 3.84. The van der Waals surface area contributed by atoms with E-state index in [9.17, 15) is 5.11 Å². The molecule has 3 aliphatic rings. The minimum Gasteiger partial charge on any atom is -0.507 e. The molecule has 4 rings (SSSR count). The molecule has 1 aromatic carbocycles. The Morgan fingerprint density at radius 1 is 1.27 bits per heavy atom. The topological polar surface area (TPSA) is 54.3 Å². The number of oxime groups is 1. The molecule has 1 N–H and O–H groups in total. The van der Waals surface area contributed by atoms with Crippen molar-refractivity contribution in [2.24, 2.45) is 11.1 Å². The van der Waals surface area contributed by atoms with Gasteiger partial charge in [0.05, 0.1) is 5.71 Å². The number of piperidine rings is 1. The van der Waals surface area contributed by atoms with Crippen LogP contribution in [0.3, 0.4) is 0 Å². The molecule has 0 unspecified atom stereocenters. The van der Waals surface area contributed by atoms with Crippen molar-refractivity contribution < 1.29 is 14.7 Å². The van der Waals surface area contributed by atoms with E-state index >= 15 is 0 Å². The third-order valence-corrected chi connectivity index (χ3v) is 7.07. The van der Waals surface area contributed by atoms with Gasteiger partial charge in [0.2, 0.25) is 0 Å². The van der Waals surface area contributed by atoms with E-state index in [-0.39, 0.29) is 5.60 Å². The van der Waals surface area contributed by atoms with Crippen molar-refractivity contribution in [2.75, 3.05) is 26.2 Å². The van der Waals surface area contributed by atoms with Crippen molar-refractivity contribution in [2.45, 2.75) is 71.3 Å². The zero-order chi connectivity index (χ0) is 21.3. The Morgan fingerprint density at radius 2 is 2.03 bits per heavy atom. The third-order valence-electron chi connectivity index (χ3n) is 7.07. The Hall–Kier alpha value is -2.01. The first-order valence-electron chi connectivity index (χ1n) is 11.5. The molecule has 0 aromatic heterocycles. The largest absolute Gasteiger partial charge is 0.507 e. The number of likely N-dealkylation sites (tertiary alicyclic amines) is 1. The highest BCUT2D eigenvalue weighted by atomic mass is 16.6. The summed E-state index contributed by atoms with van der Waals surface area (Å²) in [5.74, 6) is 1.76. The van der Waals surface area contributed by atoms with E-state index in [2.05, 4.69) is 36.9 Å². The molecule has 0 radical (unpaired) electrons. The minimum atomic E-state index is -0.268. The van der Waals surface area contributed by atoms with E-state index in [0.717, 1.165) is 55.1 Å². The number of ether oxygens (including phenoxy) is 1. The van der Waals surface area contributed by atoms with Gasteiger partial charge in [0, 0.05) is 29.5 Å². The van der Waals surface area contributed by atoms with E-state index in [4.69, 9.17) is 9.57 Å². The maximum Gasteiger partial charge on any atom is 0.129 e. The minimum absolute atomic E-state index is 0.268. The van der Waals surface area contributed by atoms with Gasteiger partial charge in [-0.25, -0.2) is 0 Å². The van der Waals surface area contributed by atoms with E-state index in [1.165, 1.54) is 24.8 Å². The lowest BCUT2D eigenvalue weighted by Crippen LogP contribution is -2.45. The second-order valence-electron chi connectivity index (χ2n) is 9.73. The summed E-state index contributed by atoms with van der Waals surface area (Å²) in [6.07, 6.45) is 8.20. The Labute approximate surface area is 180 Å². The summed E-state index contributed by atoms with van der Waals surface area (Å²) in [5.41, 5.74) is 3.68. The molecule has 0 bridgehead atoms. The van der Waals surface area contributed by atoms with Crippen LogP contribution in [0, 0.1) is 5.92 Å². The zero-order valence-corrected chi connectivity index (χ0v) is 18.9. The van der Waals surface area contributed by atoms with Crippen LogP contribution in [-0.2, 0) is 4.84 Å². The number of phenols is 1. The first-order valence-corrected chi connectivity index (χ1v) is 11.5. The molecule has 0 amide bonds. The SMILES string of the molecule is CC1=CC[C@H]2[C@H](C1)c1c(O)cc(/C(C)=N/OCCN3CCCCC3)cc1OC2(C)C. The van der Waals surface area contributed by atoms with Gasteiger partial charge >= 0.3 is 0 Å². The number of hydrogen-bond donors (Lipinski definition) is 1. The molecule has 164 valence electrons. The van der Waals surface area contributed by atoms with Crippen LogP contribution in [0.2, 0.25) is 0 Å². The number of fused-ring (bicyclic) bond motifs is 3. The smallest absolute Gasteiger partial charge is 0.129 e. The molecular formula is C25H36N2O3. The van der Waals surface area contributed by atoms with Gasteiger partial charge in [-0.05, 0) is 78.6 Å². The Bertz CT molecular complexity index is 837. The van der Waals surface area contributed by atoms with Crippen LogP contribution in [0.25, 0.3) is 0 Å². The highest BCUT2D eigenvalue weighted by Gasteiger charge is 2.45. The first kappa shape index (κ1) is 21.2. The van der Waals surface area contributed by atoms with Crippen LogP contribution < -0.4 is 4.74 Å². The van der Waals surface area contributed by atoms with E-state index in [1.54, 1.807) is 0 Å². The van der Waals surface area contributed by atoms with Crippen LogP contribution in [0.5, 0.6) is 11.5 Å². The fraction of sp³-hybridized carbons (Fsp3) is 0.640. The summed E-state index contributed by atoms with van der Waals surface area (Å²) >= 11 is 0. The Balaban J connectivity index is 1.49. The van der Waals surface area contributed by atoms with Gasteiger partial charge in [0.1, 0.15) is 23.7 Å². The van der Waals surface area contributed by atoms with Crippen molar-refractivity contribution in [3.63, 3.8) is 0 Å². The molecule has 1 aromatic rings. The standard InChI is InChI=1S/C25H36N2O3/c1-17-8-9-21-20(14-17)24-22(28)15-19(16-23(24)30-25(21,3)4)18(2)26-29-13-12-27-10-6-5-7-11-27/h8,15-16,20-21,28H,5-7,9-14H2,1-4H3/b26-18+/t20-,21-/m0/s1. The lowest BCUT2D eigenvalue weighted by atomic mass is 9.67. The molecule has 1 saturated heterocycles. The summed E-state index contributed by atoms with van der Waals surface area (Å²) in [4.78, 5) is 8.03. The quantitative estimate of drug-likeness (QED) is 0.311. The fourth-order valence-electron chi connectivity index (χ4n) is 5.32. The number of hydrogen-bond acceptors (Lipinski definition) is 5. The lowest BCUT2D eigenvalue weighted by molar-refractivity contribution is 0.00760. The molecular weight excluding hydrogens is 376 g/mol. The number of benzene rings is 1. The van der Waals surface area contributed by atoms with Gasteiger partial charge in [-0.2, -0.15) is 0 Å². The second-order valence-corrected chi connectivity index (χ2v) is 9.73. The van der Waals surface area contributed by atoms with E-state index in [1.807, 2.05) is 19.1 Å². The van der Waals surface area contributed by atoms with Gasteiger partial charge < -0.3 is 14.7 Å². The van der Waals surface area contributed by atoms with Gasteiger partial charge in [-0.15, -0.1) is 0 Å². The normalized spacial score (nSPS) is 26.3. The van der Waals surface area contributed by atoms with Crippen molar-refractivity contribution >= 4 is 5.71 Å². The molecule has 1 fully saturated rings. The second kappa shape index (κ2) is 8.62. The maximum absolute atomic E-state index is 10.9. The van der Waals surface area contributed by atoms with Crippen molar-refractivity contribution in [3.05, 3.63) is 34.9 Å². The summed E-state index contributed by atoms with van der Waals surface area (Å²) in [5, 5.41) is 15.2. The van der Waals surface area contributed by atoms with E-state index in [0.29, 0.717) is 24.2 Å². The average molecular weight is 413 g/mol. The highest BCUT2D eigenvalue weighted by Crippen LogP contribution is 2.54. The molecule has 2 atom stereocenters. The summed E-state index contributed by atoms with van der Waals surface area (Å²) in [7, 11) is 0. The first-order chi connectivity index (χ1) is 14.3. The molecule has 0 saturated carbocycles. The van der Waals surface area contributed by atoms with Gasteiger partial charge in [0.25, 0.3) is 0 Å². The Kier molecular flexibility index (Phi) is 6.10. The Morgan fingerprint density at radius 3 is 2.80 bits per heavy atom. The van der Waals surface area contributed by atoms with Crippen LogP contribution in [0.1, 0.15) is 76.8 Å². The fourth-order valence-corrected chi connectivity index (χ4v) is 5.32. The van der Waals surface area contributed by atoms with Crippen LogP contribution in [0.15, 0.2) is 28.9 Å². The van der Waals surface area contributed by atoms with Crippen LogP contribution in [-0.4, -0.2) is 47.6 Å². The number of allylic oxidation sites excluding steroid dienone is 2. The number of phenolic OH excluding ortho intramolecular Hbond substituents is 1. The molecule has 0 spiro atoms. The predicted molar refractivity (Wildman–Crippen MR) is 120 cm³/mol. The lowest BCUT2D eigenvalue weighted by Gasteiger charge is -2.47. The highest BCUT2D eigenvalue weighted by molar-refractivity contribution is 5.99. The molecule has 2 aliphatic heterocycles. The molecule has 30 heavy (non-hydrogen) atoms. The van der Waals surface area contributed by atoms with Crippen molar-refractivity contribution in [1.29, 1.82) is 0 Å². The monoisotopic (exact) mass is 412 g/mol. The third kappa shape index (κ3) is 4.36. The van der Waals surface area contributed by atoms with Crippen molar-refractivity contribution in [3.8, 4) is 11.5 Å². The van der Waals surface area contributed by atoms with E-state index < -0.39 is 0 Å². The molecule has 5 heteroatoms. The number of rotatable bonds is 5. The number of nitrogens with zero attached hydrogens (tertiary/aromatic N) is 2. The molecule has 1 aliphatic carbocycles. The zero-order valence-electron chi connectivity index (χ0n) is 18.9. The predicted octanol–water partition coefficient (Wildman–Crippen LogP) is 5.23. The number of aromatic hydroxyl groups is 1. The van der Waals surface area contributed by atoms with Gasteiger partial charge in [-0.3, -0.25) is 4.90 Å². The van der Waals surface area contributed by atoms with Crippen LogP contribution >= 0.6 is 0 Å². The van der Waals surface area contributed by atoms with Gasteiger partial charge in [0.15, 0.2) is 0 Å². The molecule has 2 heterocycles. The van der Waals surface area contributed by atoms with Crippen molar-refractivity contribution in [1.82, 2.24) is 4.90 Å².